The minimum absolute atomic E-state index is 0.105. The summed E-state index contributed by atoms with van der Waals surface area (Å²) in [7, 11) is 0. The molecule has 2 aromatic heterocycles. The van der Waals surface area contributed by atoms with Crippen molar-refractivity contribution in [1.82, 2.24) is 20.1 Å². The molecule has 1 amide bonds. The summed E-state index contributed by atoms with van der Waals surface area (Å²) in [5.41, 5.74) is 4.69. The third-order valence-electron chi connectivity index (χ3n) is 4.02. The zero-order chi connectivity index (χ0) is 17.6. The van der Waals surface area contributed by atoms with Crippen molar-refractivity contribution in [1.29, 1.82) is 0 Å². The molecule has 0 aliphatic rings. The van der Waals surface area contributed by atoms with E-state index >= 15 is 0 Å². The largest absolute Gasteiger partial charge is 0.348 e. The summed E-state index contributed by atoms with van der Waals surface area (Å²) in [6.07, 6.45) is 6.87. The van der Waals surface area contributed by atoms with Crippen LogP contribution in [0.3, 0.4) is 0 Å². The molecular weight excluding hydrogens is 312 g/mol. The first-order valence-corrected chi connectivity index (χ1v) is 8.50. The highest BCUT2D eigenvalue weighted by Gasteiger charge is 2.17. The number of amides is 1. The van der Waals surface area contributed by atoms with E-state index in [9.17, 15) is 4.79 Å². The fourth-order valence-corrected chi connectivity index (χ4v) is 2.80. The molecule has 1 aromatic carbocycles. The Balaban J connectivity index is 1.84. The smallest absolute Gasteiger partial charge is 0.255 e. The molecule has 0 saturated carbocycles. The Morgan fingerprint density at radius 1 is 1.20 bits per heavy atom. The molecule has 0 spiro atoms. The van der Waals surface area contributed by atoms with Crippen LogP contribution in [0.15, 0.2) is 55.0 Å². The maximum Gasteiger partial charge on any atom is 0.255 e. The predicted molar refractivity (Wildman–Crippen MR) is 97.7 cm³/mol. The monoisotopic (exact) mass is 334 g/mol. The van der Waals surface area contributed by atoms with Crippen molar-refractivity contribution < 1.29 is 4.79 Å². The quantitative estimate of drug-likeness (QED) is 0.751. The van der Waals surface area contributed by atoms with Crippen molar-refractivity contribution >= 4 is 5.91 Å². The summed E-state index contributed by atoms with van der Waals surface area (Å²) >= 11 is 0. The standard InChI is InChI=1S/C20H22N4O/c1-3-6-19-18(20(25)22-13-16-8-5-10-21-12-16)14-23-24(19)17-9-4-7-15(2)11-17/h4-5,7-12,14H,3,6,13H2,1-2H3,(H,22,25). The van der Waals surface area contributed by atoms with Crippen LogP contribution in [-0.2, 0) is 13.0 Å². The van der Waals surface area contributed by atoms with Gasteiger partial charge in [-0.2, -0.15) is 5.10 Å². The van der Waals surface area contributed by atoms with Gasteiger partial charge in [0, 0.05) is 18.9 Å². The molecule has 3 aromatic rings. The van der Waals surface area contributed by atoms with E-state index in [1.165, 1.54) is 0 Å². The van der Waals surface area contributed by atoms with Crippen LogP contribution in [0.2, 0.25) is 0 Å². The van der Waals surface area contributed by atoms with E-state index in [0.717, 1.165) is 35.3 Å². The summed E-state index contributed by atoms with van der Waals surface area (Å²) in [5, 5.41) is 7.42. The first-order valence-electron chi connectivity index (χ1n) is 8.50. The van der Waals surface area contributed by atoms with Crippen molar-refractivity contribution in [2.45, 2.75) is 33.2 Å². The molecule has 0 aliphatic heterocycles. The highest BCUT2D eigenvalue weighted by molar-refractivity contribution is 5.95. The van der Waals surface area contributed by atoms with Crippen molar-refractivity contribution in [2.24, 2.45) is 0 Å². The summed E-state index contributed by atoms with van der Waals surface area (Å²) in [4.78, 5) is 16.7. The molecule has 0 bridgehead atoms. The minimum atomic E-state index is -0.105. The van der Waals surface area contributed by atoms with Gasteiger partial charge in [-0.05, 0) is 42.7 Å². The molecule has 0 aliphatic carbocycles. The van der Waals surface area contributed by atoms with Crippen LogP contribution in [0.4, 0.5) is 0 Å². The van der Waals surface area contributed by atoms with Gasteiger partial charge in [-0.25, -0.2) is 4.68 Å². The number of rotatable bonds is 6. The summed E-state index contributed by atoms with van der Waals surface area (Å²) in [6.45, 7) is 4.60. The number of pyridine rings is 1. The molecule has 0 atom stereocenters. The highest BCUT2D eigenvalue weighted by Crippen LogP contribution is 2.18. The molecule has 0 radical (unpaired) electrons. The second-order valence-corrected chi connectivity index (χ2v) is 6.05. The SMILES string of the molecule is CCCc1c(C(=O)NCc2cccnc2)cnn1-c1cccc(C)c1. The van der Waals surface area contributed by atoms with Gasteiger partial charge >= 0.3 is 0 Å². The van der Waals surface area contributed by atoms with Crippen LogP contribution < -0.4 is 5.32 Å². The van der Waals surface area contributed by atoms with E-state index in [0.29, 0.717) is 12.1 Å². The Hall–Kier alpha value is -2.95. The van der Waals surface area contributed by atoms with Gasteiger partial charge in [0.05, 0.1) is 23.1 Å². The van der Waals surface area contributed by atoms with Crippen LogP contribution >= 0.6 is 0 Å². The number of hydrogen-bond donors (Lipinski definition) is 1. The molecule has 25 heavy (non-hydrogen) atoms. The lowest BCUT2D eigenvalue weighted by Crippen LogP contribution is -2.24. The maximum absolute atomic E-state index is 12.6. The molecule has 0 fully saturated rings. The number of carbonyl (C=O) groups excluding carboxylic acids is 1. The third-order valence-corrected chi connectivity index (χ3v) is 4.02. The normalized spacial score (nSPS) is 10.6. The first kappa shape index (κ1) is 16.9. The van der Waals surface area contributed by atoms with Crippen molar-refractivity contribution in [3.8, 4) is 5.69 Å². The molecule has 5 nitrogen and oxygen atoms in total. The van der Waals surface area contributed by atoms with Gasteiger partial charge in [0.15, 0.2) is 0 Å². The zero-order valence-electron chi connectivity index (χ0n) is 14.6. The van der Waals surface area contributed by atoms with E-state index in [4.69, 9.17) is 0 Å². The van der Waals surface area contributed by atoms with Crippen LogP contribution in [0.1, 0.15) is 40.5 Å². The molecular formula is C20H22N4O. The number of carbonyl (C=O) groups is 1. The van der Waals surface area contributed by atoms with Crippen molar-refractivity contribution in [2.75, 3.05) is 0 Å². The minimum Gasteiger partial charge on any atom is -0.348 e. The predicted octanol–water partition coefficient (Wildman–Crippen LogP) is 3.46. The Morgan fingerprint density at radius 3 is 2.80 bits per heavy atom. The Kier molecular flexibility index (Phi) is 5.23. The zero-order valence-corrected chi connectivity index (χ0v) is 14.6. The maximum atomic E-state index is 12.6. The summed E-state index contributed by atoms with van der Waals surface area (Å²) in [5.74, 6) is -0.105. The molecule has 128 valence electrons. The number of hydrogen-bond acceptors (Lipinski definition) is 3. The van der Waals surface area contributed by atoms with Gasteiger partial charge in [-0.3, -0.25) is 9.78 Å². The fourth-order valence-electron chi connectivity index (χ4n) is 2.80. The molecule has 0 saturated heterocycles. The molecule has 2 heterocycles. The number of benzene rings is 1. The Bertz CT molecular complexity index is 855. The number of aryl methyl sites for hydroxylation is 1. The van der Waals surface area contributed by atoms with Gasteiger partial charge in [0.1, 0.15) is 0 Å². The van der Waals surface area contributed by atoms with Gasteiger partial charge in [0.2, 0.25) is 0 Å². The van der Waals surface area contributed by atoms with Crippen LogP contribution in [-0.4, -0.2) is 20.7 Å². The third kappa shape index (κ3) is 3.94. The summed E-state index contributed by atoms with van der Waals surface area (Å²) < 4.78 is 1.87. The van der Waals surface area contributed by atoms with Gasteiger partial charge in [-0.15, -0.1) is 0 Å². The topological polar surface area (TPSA) is 59.8 Å². The molecule has 1 N–H and O–H groups in total. The lowest BCUT2D eigenvalue weighted by Gasteiger charge is -2.10. The van der Waals surface area contributed by atoms with Gasteiger partial charge < -0.3 is 5.32 Å². The highest BCUT2D eigenvalue weighted by atomic mass is 16.1. The van der Waals surface area contributed by atoms with E-state index in [2.05, 4.69) is 28.4 Å². The average molecular weight is 334 g/mol. The fraction of sp³-hybridized carbons (Fsp3) is 0.250. The van der Waals surface area contributed by atoms with Crippen molar-refractivity contribution in [3.63, 3.8) is 0 Å². The van der Waals surface area contributed by atoms with Gasteiger partial charge in [-0.1, -0.05) is 31.5 Å². The van der Waals surface area contributed by atoms with E-state index < -0.39 is 0 Å². The second kappa shape index (κ2) is 7.75. The number of nitrogens with one attached hydrogen (secondary N) is 1. The van der Waals surface area contributed by atoms with Crippen LogP contribution in [0, 0.1) is 6.92 Å². The van der Waals surface area contributed by atoms with Crippen LogP contribution in [0.25, 0.3) is 5.69 Å². The Morgan fingerprint density at radius 2 is 2.08 bits per heavy atom. The second-order valence-electron chi connectivity index (χ2n) is 6.05. The van der Waals surface area contributed by atoms with Crippen LogP contribution in [0.5, 0.6) is 0 Å². The lowest BCUT2D eigenvalue weighted by molar-refractivity contribution is 0.0950. The number of aromatic nitrogens is 3. The van der Waals surface area contributed by atoms with Gasteiger partial charge in [0.25, 0.3) is 5.91 Å². The van der Waals surface area contributed by atoms with E-state index in [-0.39, 0.29) is 5.91 Å². The molecule has 0 unspecified atom stereocenters. The van der Waals surface area contributed by atoms with E-state index in [1.807, 2.05) is 41.9 Å². The first-order chi connectivity index (χ1) is 12.2. The Labute approximate surface area is 147 Å². The van der Waals surface area contributed by atoms with E-state index in [1.54, 1.807) is 18.6 Å². The molecule has 3 rings (SSSR count). The average Bonchev–Trinajstić information content (AvgIpc) is 3.05. The number of nitrogens with zero attached hydrogens (tertiary/aromatic N) is 3. The van der Waals surface area contributed by atoms with Crippen molar-refractivity contribution in [3.05, 3.63) is 77.4 Å². The molecule has 5 heteroatoms. The lowest BCUT2D eigenvalue weighted by atomic mass is 10.1. The summed E-state index contributed by atoms with van der Waals surface area (Å²) in [6, 6.07) is 11.9.